The lowest BCUT2D eigenvalue weighted by Crippen LogP contribution is -2.06. The molecule has 1 atom stereocenters. The van der Waals surface area contributed by atoms with E-state index in [0.717, 1.165) is 6.42 Å². The molecular weight excluding hydrogens is 232 g/mol. The van der Waals surface area contributed by atoms with E-state index in [1.165, 1.54) is 56.1 Å². The number of aryl methyl sites for hydroxylation is 1. The highest BCUT2D eigenvalue weighted by atomic mass is 16.3. The quantitative estimate of drug-likeness (QED) is 0.574. The van der Waals surface area contributed by atoms with Gasteiger partial charge in [0.2, 0.25) is 0 Å². The molecule has 0 radical (unpaired) electrons. The van der Waals surface area contributed by atoms with Gasteiger partial charge in [-0.05, 0) is 24.5 Å². The van der Waals surface area contributed by atoms with Gasteiger partial charge in [0.05, 0.1) is 0 Å². The van der Waals surface area contributed by atoms with Gasteiger partial charge in [-0.15, -0.1) is 0 Å². The molecule has 0 bridgehead atoms. The Hall–Kier alpha value is -0.820. The van der Waals surface area contributed by atoms with Crippen LogP contribution in [0.25, 0.3) is 0 Å². The highest BCUT2D eigenvalue weighted by Gasteiger charge is 2.11. The number of unbranched alkanes of at least 4 members (excludes halogenated alkanes) is 6. The van der Waals surface area contributed by atoms with Gasteiger partial charge >= 0.3 is 0 Å². The minimum absolute atomic E-state index is 0.278. The smallest absolute Gasteiger partial charge is 0.0499 e. The Balaban J connectivity index is 2.24. The standard InChI is InChI=1S/C18H30O/c1-3-4-5-6-7-8-9-13-17(15-19)18-14-11-10-12-16(18)2/h10-12,14,17,19H,3-9,13,15H2,1-2H3. The molecule has 1 N–H and O–H groups in total. The van der Waals surface area contributed by atoms with E-state index < -0.39 is 0 Å². The number of benzene rings is 1. The summed E-state index contributed by atoms with van der Waals surface area (Å²) in [5, 5.41) is 9.58. The maximum atomic E-state index is 9.58. The molecule has 1 aromatic carbocycles. The zero-order chi connectivity index (χ0) is 13.9. The monoisotopic (exact) mass is 262 g/mol. The van der Waals surface area contributed by atoms with Crippen LogP contribution in [-0.4, -0.2) is 11.7 Å². The van der Waals surface area contributed by atoms with Crippen LogP contribution in [0.15, 0.2) is 24.3 Å². The predicted octanol–water partition coefficient (Wildman–Crippen LogP) is 5.21. The van der Waals surface area contributed by atoms with Crippen molar-refractivity contribution in [3.05, 3.63) is 35.4 Å². The lowest BCUT2D eigenvalue weighted by atomic mass is 9.90. The molecule has 1 nitrogen and oxygen atoms in total. The van der Waals surface area contributed by atoms with Crippen molar-refractivity contribution in [2.24, 2.45) is 0 Å². The molecule has 0 spiro atoms. The average Bonchev–Trinajstić information content (AvgIpc) is 2.43. The van der Waals surface area contributed by atoms with Crippen molar-refractivity contribution in [1.82, 2.24) is 0 Å². The first-order valence-corrected chi connectivity index (χ1v) is 7.96. The van der Waals surface area contributed by atoms with E-state index in [9.17, 15) is 5.11 Å². The minimum atomic E-state index is 0.278. The van der Waals surface area contributed by atoms with Gasteiger partial charge in [-0.3, -0.25) is 0 Å². The zero-order valence-corrected chi connectivity index (χ0v) is 12.7. The number of aliphatic hydroxyl groups excluding tert-OH is 1. The van der Waals surface area contributed by atoms with Crippen molar-refractivity contribution in [2.75, 3.05) is 6.61 Å². The molecule has 0 aliphatic carbocycles. The first-order valence-electron chi connectivity index (χ1n) is 7.96. The Morgan fingerprint density at radius 3 is 2.21 bits per heavy atom. The molecule has 0 saturated carbocycles. The molecule has 1 heteroatoms. The fourth-order valence-corrected chi connectivity index (χ4v) is 2.74. The summed E-state index contributed by atoms with van der Waals surface area (Å²) in [6, 6.07) is 8.46. The number of hydrogen-bond acceptors (Lipinski definition) is 1. The van der Waals surface area contributed by atoms with Crippen molar-refractivity contribution < 1.29 is 5.11 Å². The van der Waals surface area contributed by atoms with Crippen LogP contribution in [0.1, 0.15) is 75.3 Å². The maximum absolute atomic E-state index is 9.58. The van der Waals surface area contributed by atoms with Crippen molar-refractivity contribution in [1.29, 1.82) is 0 Å². The lowest BCUT2D eigenvalue weighted by molar-refractivity contribution is 0.256. The summed E-state index contributed by atoms with van der Waals surface area (Å²) < 4.78 is 0. The van der Waals surface area contributed by atoms with E-state index >= 15 is 0 Å². The molecule has 1 unspecified atom stereocenters. The van der Waals surface area contributed by atoms with E-state index in [0.29, 0.717) is 5.92 Å². The molecule has 108 valence electrons. The molecule has 0 aliphatic rings. The van der Waals surface area contributed by atoms with Crippen LogP contribution < -0.4 is 0 Å². The Kier molecular flexibility index (Phi) is 8.57. The number of aliphatic hydroxyl groups is 1. The summed E-state index contributed by atoms with van der Waals surface area (Å²) >= 11 is 0. The number of hydrogen-bond donors (Lipinski definition) is 1. The molecular formula is C18H30O. The van der Waals surface area contributed by atoms with Gasteiger partial charge in [-0.25, -0.2) is 0 Å². The Morgan fingerprint density at radius 1 is 0.947 bits per heavy atom. The second kappa shape index (κ2) is 10.0. The van der Waals surface area contributed by atoms with Crippen LogP contribution in [0.3, 0.4) is 0 Å². The molecule has 0 aliphatic heterocycles. The third-order valence-corrected chi connectivity index (χ3v) is 4.00. The van der Waals surface area contributed by atoms with Crippen molar-refractivity contribution >= 4 is 0 Å². The molecule has 0 heterocycles. The highest BCUT2D eigenvalue weighted by Crippen LogP contribution is 2.25. The molecule has 0 saturated heterocycles. The third-order valence-electron chi connectivity index (χ3n) is 4.00. The minimum Gasteiger partial charge on any atom is -0.396 e. The SMILES string of the molecule is CCCCCCCCCC(CO)c1ccccc1C. The summed E-state index contributed by atoms with van der Waals surface area (Å²) in [6.07, 6.45) is 10.5. The summed E-state index contributed by atoms with van der Waals surface area (Å²) in [7, 11) is 0. The van der Waals surface area contributed by atoms with Crippen LogP contribution >= 0.6 is 0 Å². The van der Waals surface area contributed by atoms with Crippen LogP contribution in [0.5, 0.6) is 0 Å². The van der Waals surface area contributed by atoms with Crippen LogP contribution in [0.4, 0.5) is 0 Å². The Morgan fingerprint density at radius 2 is 1.58 bits per heavy atom. The fourth-order valence-electron chi connectivity index (χ4n) is 2.74. The van der Waals surface area contributed by atoms with Gasteiger partial charge in [0.15, 0.2) is 0 Å². The zero-order valence-electron chi connectivity index (χ0n) is 12.7. The molecule has 0 aromatic heterocycles. The predicted molar refractivity (Wildman–Crippen MR) is 83.6 cm³/mol. The largest absolute Gasteiger partial charge is 0.396 e. The van der Waals surface area contributed by atoms with Crippen molar-refractivity contribution in [2.45, 2.75) is 71.1 Å². The van der Waals surface area contributed by atoms with Crippen LogP contribution in [0.2, 0.25) is 0 Å². The van der Waals surface area contributed by atoms with E-state index in [-0.39, 0.29) is 6.61 Å². The maximum Gasteiger partial charge on any atom is 0.0499 e. The van der Waals surface area contributed by atoms with Gasteiger partial charge in [-0.1, -0.05) is 76.1 Å². The summed E-state index contributed by atoms with van der Waals surface area (Å²) in [5.74, 6) is 0.330. The van der Waals surface area contributed by atoms with Crippen LogP contribution in [0, 0.1) is 6.92 Å². The van der Waals surface area contributed by atoms with E-state index in [4.69, 9.17) is 0 Å². The second-order valence-electron chi connectivity index (χ2n) is 5.65. The van der Waals surface area contributed by atoms with Crippen molar-refractivity contribution in [3.63, 3.8) is 0 Å². The molecule has 19 heavy (non-hydrogen) atoms. The third kappa shape index (κ3) is 6.24. The first-order chi connectivity index (χ1) is 9.29. The second-order valence-corrected chi connectivity index (χ2v) is 5.65. The molecule has 0 amide bonds. The highest BCUT2D eigenvalue weighted by molar-refractivity contribution is 5.29. The summed E-state index contributed by atoms with van der Waals surface area (Å²) in [6.45, 7) is 4.68. The average molecular weight is 262 g/mol. The Bertz CT molecular complexity index is 332. The van der Waals surface area contributed by atoms with E-state index in [2.05, 4.69) is 38.1 Å². The molecule has 0 fully saturated rings. The van der Waals surface area contributed by atoms with Gasteiger partial charge in [0, 0.05) is 12.5 Å². The van der Waals surface area contributed by atoms with Crippen molar-refractivity contribution in [3.8, 4) is 0 Å². The van der Waals surface area contributed by atoms with E-state index in [1.54, 1.807) is 0 Å². The van der Waals surface area contributed by atoms with Gasteiger partial charge in [-0.2, -0.15) is 0 Å². The van der Waals surface area contributed by atoms with Gasteiger partial charge in [0.1, 0.15) is 0 Å². The topological polar surface area (TPSA) is 20.2 Å². The van der Waals surface area contributed by atoms with Gasteiger partial charge in [0.25, 0.3) is 0 Å². The summed E-state index contributed by atoms with van der Waals surface area (Å²) in [4.78, 5) is 0. The normalized spacial score (nSPS) is 12.6. The fraction of sp³-hybridized carbons (Fsp3) is 0.667. The van der Waals surface area contributed by atoms with Crippen LogP contribution in [-0.2, 0) is 0 Å². The number of rotatable bonds is 10. The van der Waals surface area contributed by atoms with Gasteiger partial charge < -0.3 is 5.11 Å². The first kappa shape index (κ1) is 16.2. The van der Waals surface area contributed by atoms with E-state index in [1.807, 2.05) is 0 Å². The Labute approximate surface area is 119 Å². The summed E-state index contributed by atoms with van der Waals surface area (Å²) in [5.41, 5.74) is 2.64. The lowest BCUT2D eigenvalue weighted by Gasteiger charge is -2.16. The molecule has 1 rings (SSSR count). The molecule has 1 aromatic rings.